The molecule has 0 spiro atoms. The second-order valence-electron chi connectivity index (χ2n) is 5.89. The number of nitrogens with zero attached hydrogens (tertiary/aromatic N) is 3. The molecule has 3 heterocycles. The van der Waals surface area contributed by atoms with Crippen LogP contribution in [0.3, 0.4) is 0 Å². The normalized spacial score (nSPS) is 20.2. The molecule has 0 aliphatic carbocycles. The van der Waals surface area contributed by atoms with Crippen LogP contribution in [0.25, 0.3) is 10.6 Å². The van der Waals surface area contributed by atoms with Crippen molar-refractivity contribution in [3.8, 4) is 0 Å². The van der Waals surface area contributed by atoms with E-state index in [1.54, 1.807) is 29.3 Å². The van der Waals surface area contributed by atoms with Crippen LogP contribution in [0.4, 0.5) is 5.69 Å². The van der Waals surface area contributed by atoms with Gasteiger partial charge in [0.15, 0.2) is 0 Å². The minimum atomic E-state index is -0.283. The van der Waals surface area contributed by atoms with E-state index in [4.69, 9.17) is 0 Å². The number of anilines is 1. The van der Waals surface area contributed by atoms with Gasteiger partial charge in [0.05, 0.1) is 17.0 Å². The highest BCUT2D eigenvalue weighted by Gasteiger charge is 2.26. The number of thiazole rings is 1. The number of nitrogens with one attached hydrogen (secondary N) is 1. The first-order chi connectivity index (χ1) is 12.5. The Morgan fingerprint density at radius 1 is 1.31 bits per heavy atom. The minimum Gasteiger partial charge on any atom is -0.337 e. The average Bonchev–Trinajstić information content (AvgIpc) is 3.24. The van der Waals surface area contributed by atoms with Crippen LogP contribution in [0.5, 0.6) is 0 Å². The molecule has 0 atom stereocenters. The molecule has 2 aromatic rings. The summed E-state index contributed by atoms with van der Waals surface area (Å²) in [7, 11) is 1.95. The van der Waals surface area contributed by atoms with E-state index in [2.05, 4.69) is 17.1 Å². The quantitative estimate of drug-likeness (QED) is 0.787. The molecule has 1 aromatic carbocycles. The molecule has 0 bridgehead atoms. The van der Waals surface area contributed by atoms with E-state index in [1.807, 2.05) is 36.2 Å². The highest BCUT2D eigenvalue weighted by atomic mass is 32.2. The van der Waals surface area contributed by atoms with E-state index in [-0.39, 0.29) is 11.5 Å². The number of benzene rings is 1. The van der Waals surface area contributed by atoms with Gasteiger partial charge in [0.25, 0.3) is 11.5 Å². The van der Waals surface area contributed by atoms with Gasteiger partial charge in [-0.05, 0) is 19.1 Å². The van der Waals surface area contributed by atoms with Crippen molar-refractivity contribution < 1.29 is 4.79 Å². The first-order valence-corrected chi connectivity index (χ1v) is 9.61. The Bertz CT molecular complexity index is 1160. The zero-order valence-electron chi connectivity index (χ0n) is 14.3. The lowest BCUT2D eigenvalue weighted by molar-refractivity contribution is -0.115. The number of aromatic nitrogens is 1. The van der Waals surface area contributed by atoms with Gasteiger partial charge in [0.1, 0.15) is 14.2 Å². The molecule has 4 rings (SSSR count). The molecule has 2 aliphatic rings. The molecular formula is C18H16N4O2S2. The topological polar surface area (TPSA) is 66.7 Å². The monoisotopic (exact) mass is 384 g/mol. The van der Waals surface area contributed by atoms with Crippen LogP contribution in [-0.4, -0.2) is 23.2 Å². The summed E-state index contributed by atoms with van der Waals surface area (Å²) in [5.41, 5.74) is 4.45. The van der Waals surface area contributed by atoms with Gasteiger partial charge in [-0.2, -0.15) is 5.10 Å². The van der Waals surface area contributed by atoms with Crippen LogP contribution in [0.15, 0.2) is 51.7 Å². The van der Waals surface area contributed by atoms with Crippen molar-refractivity contribution in [1.82, 2.24) is 9.99 Å². The number of hydrogen-bond acceptors (Lipinski definition) is 6. The van der Waals surface area contributed by atoms with E-state index < -0.39 is 0 Å². The first kappa shape index (κ1) is 16.9. The zero-order chi connectivity index (χ0) is 18.4. The molecule has 1 amide bonds. The lowest BCUT2D eigenvalue weighted by Gasteiger charge is -2.11. The maximum absolute atomic E-state index is 13.1. The molecule has 0 saturated carbocycles. The maximum Gasteiger partial charge on any atom is 0.276 e. The highest BCUT2D eigenvalue weighted by Crippen LogP contribution is 2.44. The second kappa shape index (κ2) is 6.30. The summed E-state index contributed by atoms with van der Waals surface area (Å²) in [6.45, 7) is 5.83. The number of allylic oxidation sites excluding steroid dienone is 1. The SMILES string of the molecule is C=CCn1c(=O)/c(=C2/Sc3ccccc3N2C)s/c1=C1\C(=O)NN=C1C. The van der Waals surface area contributed by atoms with Crippen molar-refractivity contribution in [3.05, 3.63) is 56.5 Å². The molecule has 0 unspecified atom stereocenters. The summed E-state index contributed by atoms with van der Waals surface area (Å²) in [6, 6.07) is 8.03. The summed E-state index contributed by atoms with van der Waals surface area (Å²) in [5.74, 6) is -0.283. The van der Waals surface area contributed by atoms with Crippen molar-refractivity contribution in [2.75, 3.05) is 11.9 Å². The van der Waals surface area contributed by atoms with Gasteiger partial charge in [-0.1, -0.05) is 30.0 Å². The zero-order valence-corrected chi connectivity index (χ0v) is 15.9. The van der Waals surface area contributed by atoms with Crippen LogP contribution < -0.4 is 25.1 Å². The van der Waals surface area contributed by atoms with E-state index in [9.17, 15) is 9.59 Å². The molecule has 0 radical (unpaired) electrons. The second-order valence-corrected chi connectivity index (χ2v) is 7.92. The fourth-order valence-corrected chi connectivity index (χ4v) is 5.55. The third-order valence-electron chi connectivity index (χ3n) is 4.25. The fourth-order valence-electron chi connectivity index (χ4n) is 2.99. The van der Waals surface area contributed by atoms with E-state index in [1.165, 1.54) is 11.3 Å². The highest BCUT2D eigenvalue weighted by molar-refractivity contribution is 8.08. The number of para-hydroxylation sites is 1. The predicted molar refractivity (Wildman–Crippen MR) is 107 cm³/mol. The molecule has 26 heavy (non-hydrogen) atoms. The smallest absolute Gasteiger partial charge is 0.276 e. The summed E-state index contributed by atoms with van der Waals surface area (Å²) >= 11 is 2.90. The molecular weight excluding hydrogens is 368 g/mol. The third-order valence-corrected chi connectivity index (χ3v) is 6.81. The first-order valence-electron chi connectivity index (χ1n) is 7.97. The Morgan fingerprint density at radius 3 is 2.73 bits per heavy atom. The number of rotatable bonds is 2. The number of hydrogen-bond donors (Lipinski definition) is 1. The third kappa shape index (κ3) is 2.45. The van der Waals surface area contributed by atoms with E-state index >= 15 is 0 Å². The Balaban J connectivity index is 2.05. The van der Waals surface area contributed by atoms with Crippen molar-refractivity contribution in [3.63, 3.8) is 0 Å². The van der Waals surface area contributed by atoms with Crippen LogP contribution >= 0.6 is 23.1 Å². The molecule has 6 nitrogen and oxygen atoms in total. The molecule has 2 aliphatic heterocycles. The molecule has 132 valence electrons. The number of hydrazone groups is 1. The van der Waals surface area contributed by atoms with Gasteiger partial charge in [-0.25, -0.2) is 5.43 Å². The Kier molecular flexibility index (Phi) is 4.08. The fraction of sp³-hybridized carbons (Fsp3) is 0.167. The lowest BCUT2D eigenvalue weighted by Crippen LogP contribution is -2.35. The minimum absolute atomic E-state index is 0.118. The Hall–Kier alpha value is -2.58. The number of thioether (sulfide) groups is 1. The van der Waals surface area contributed by atoms with E-state index in [0.29, 0.717) is 27.0 Å². The Morgan fingerprint density at radius 2 is 2.08 bits per heavy atom. The standard InChI is InChI=1S/C18H16N4O2S2/c1-4-9-22-16(24)14(26-17(22)13-10(2)19-20-15(13)23)18-21(3)11-7-5-6-8-12(11)25-18/h4-8H,1,9H2,2-3H3,(H,20,23)/b17-13-,18-14-. The van der Waals surface area contributed by atoms with Crippen molar-refractivity contribution in [2.45, 2.75) is 18.4 Å². The van der Waals surface area contributed by atoms with Crippen LogP contribution in [0.1, 0.15) is 6.92 Å². The summed E-state index contributed by atoms with van der Waals surface area (Å²) in [4.78, 5) is 28.5. The largest absolute Gasteiger partial charge is 0.337 e. The van der Waals surface area contributed by atoms with Gasteiger partial charge in [0, 0.05) is 18.5 Å². The predicted octanol–water partition coefficient (Wildman–Crippen LogP) is 1.06. The average molecular weight is 384 g/mol. The number of fused-ring (bicyclic) bond motifs is 1. The van der Waals surface area contributed by atoms with Crippen LogP contribution in [-0.2, 0) is 11.3 Å². The number of carbonyl (C=O) groups is 1. The molecule has 1 aromatic heterocycles. The van der Waals surface area contributed by atoms with Gasteiger partial charge < -0.3 is 4.90 Å². The molecule has 8 heteroatoms. The van der Waals surface area contributed by atoms with Gasteiger partial charge in [-0.15, -0.1) is 17.9 Å². The summed E-state index contributed by atoms with van der Waals surface area (Å²) in [5, 5.41) is 4.86. The van der Waals surface area contributed by atoms with Gasteiger partial charge in [-0.3, -0.25) is 14.2 Å². The number of amides is 1. The van der Waals surface area contributed by atoms with Crippen LogP contribution in [0, 0.1) is 0 Å². The molecule has 0 saturated heterocycles. The molecule has 1 N–H and O–H groups in total. The van der Waals surface area contributed by atoms with Crippen molar-refractivity contribution in [1.29, 1.82) is 0 Å². The van der Waals surface area contributed by atoms with Crippen molar-refractivity contribution in [2.24, 2.45) is 5.10 Å². The van der Waals surface area contributed by atoms with Gasteiger partial charge >= 0.3 is 0 Å². The summed E-state index contributed by atoms with van der Waals surface area (Å²) in [6.07, 6.45) is 1.66. The Labute approximate surface area is 157 Å². The lowest BCUT2D eigenvalue weighted by atomic mass is 10.2. The van der Waals surface area contributed by atoms with Gasteiger partial charge in [0.2, 0.25) is 0 Å². The summed E-state index contributed by atoms with van der Waals surface area (Å²) < 4.78 is 2.82. The van der Waals surface area contributed by atoms with Crippen LogP contribution in [0.2, 0.25) is 0 Å². The maximum atomic E-state index is 13.1. The van der Waals surface area contributed by atoms with Crippen molar-refractivity contribution >= 4 is 51.0 Å². The van der Waals surface area contributed by atoms with E-state index in [0.717, 1.165) is 15.6 Å². The molecule has 0 fully saturated rings. The number of carbonyl (C=O) groups excluding carboxylic acids is 1.